The zero-order valence-electron chi connectivity index (χ0n) is 18.6. The first-order chi connectivity index (χ1) is 15.9. The van der Waals surface area contributed by atoms with Crippen LogP contribution < -0.4 is 20.1 Å². The van der Waals surface area contributed by atoms with E-state index >= 15 is 0 Å². The molecule has 2 N–H and O–H groups in total. The van der Waals surface area contributed by atoms with Crippen molar-refractivity contribution in [2.24, 2.45) is 0 Å². The molecular formula is C24H27FN2O6. The molecule has 0 unspecified atom stereocenters. The van der Waals surface area contributed by atoms with Crippen LogP contribution in [0.25, 0.3) is 0 Å². The lowest BCUT2D eigenvalue weighted by atomic mass is 9.64. The highest BCUT2D eigenvalue weighted by atomic mass is 19.1. The fourth-order valence-electron chi connectivity index (χ4n) is 3.63. The summed E-state index contributed by atoms with van der Waals surface area (Å²) in [4.78, 5) is 37.0. The number of hydrogen-bond acceptors (Lipinski definition) is 6. The molecule has 1 aliphatic rings. The summed E-state index contributed by atoms with van der Waals surface area (Å²) in [7, 11) is 0. The van der Waals surface area contributed by atoms with Crippen LogP contribution in [0, 0.1) is 5.82 Å². The standard InChI is InChI=1S/C24H27FN2O6/c1-3-31-19-11-10-18(14-20(19)32-4-2)26-23(30)27-21(28)15-33-22(29)24(12-5-13-24)16-6-8-17(25)9-7-16/h6-11,14H,3-5,12-13,15H2,1-2H3,(H2,26,27,28,30). The molecule has 0 bridgehead atoms. The zero-order valence-corrected chi connectivity index (χ0v) is 18.6. The summed E-state index contributed by atoms with van der Waals surface area (Å²) in [6, 6.07) is 9.76. The molecule has 0 spiro atoms. The minimum Gasteiger partial charge on any atom is -0.490 e. The number of nitrogens with one attached hydrogen (secondary N) is 2. The Morgan fingerprint density at radius 2 is 1.64 bits per heavy atom. The second-order valence-electron chi connectivity index (χ2n) is 7.55. The summed E-state index contributed by atoms with van der Waals surface area (Å²) < 4.78 is 29.4. The van der Waals surface area contributed by atoms with Gasteiger partial charge in [-0.25, -0.2) is 9.18 Å². The van der Waals surface area contributed by atoms with Crippen LogP contribution >= 0.6 is 0 Å². The third kappa shape index (κ3) is 5.79. The minimum absolute atomic E-state index is 0.395. The molecule has 8 nitrogen and oxygen atoms in total. The number of urea groups is 1. The quantitative estimate of drug-likeness (QED) is 0.552. The third-order valence-corrected chi connectivity index (χ3v) is 5.38. The first-order valence-electron chi connectivity index (χ1n) is 10.8. The molecule has 2 aromatic carbocycles. The van der Waals surface area contributed by atoms with Gasteiger partial charge in [0.2, 0.25) is 0 Å². The van der Waals surface area contributed by atoms with E-state index in [-0.39, 0.29) is 0 Å². The maximum absolute atomic E-state index is 13.2. The SMILES string of the molecule is CCOc1ccc(NC(=O)NC(=O)COC(=O)C2(c3ccc(F)cc3)CCC2)cc1OCC. The number of imide groups is 1. The van der Waals surface area contributed by atoms with Crippen LogP contribution in [0.2, 0.25) is 0 Å². The van der Waals surface area contributed by atoms with Crippen molar-refractivity contribution in [3.05, 3.63) is 53.8 Å². The molecule has 0 atom stereocenters. The number of carbonyl (C=O) groups excluding carboxylic acids is 3. The Morgan fingerprint density at radius 3 is 2.24 bits per heavy atom. The molecule has 2 aromatic rings. The van der Waals surface area contributed by atoms with Gasteiger partial charge in [-0.3, -0.25) is 14.9 Å². The Kier molecular flexibility index (Phi) is 7.87. The highest BCUT2D eigenvalue weighted by Crippen LogP contribution is 2.44. The molecule has 3 rings (SSSR count). The smallest absolute Gasteiger partial charge is 0.325 e. The fraction of sp³-hybridized carbons (Fsp3) is 0.375. The van der Waals surface area contributed by atoms with E-state index in [1.807, 2.05) is 13.8 Å². The number of hydrogen-bond donors (Lipinski definition) is 2. The number of ether oxygens (including phenoxy) is 3. The number of benzene rings is 2. The number of rotatable bonds is 9. The lowest BCUT2D eigenvalue weighted by Gasteiger charge is -2.39. The van der Waals surface area contributed by atoms with Gasteiger partial charge >= 0.3 is 12.0 Å². The number of carbonyl (C=O) groups is 3. The molecule has 1 fully saturated rings. The normalized spacial score (nSPS) is 13.9. The van der Waals surface area contributed by atoms with Crippen molar-refractivity contribution in [1.29, 1.82) is 0 Å². The van der Waals surface area contributed by atoms with Crippen molar-refractivity contribution in [3.8, 4) is 11.5 Å². The third-order valence-electron chi connectivity index (χ3n) is 5.38. The topological polar surface area (TPSA) is 103 Å². The maximum atomic E-state index is 13.2. The van der Waals surface area contributed by atoms with E-state index in [1.54, 1.807) is 30.3 Å². The molecule has 0 heterocycles. The van der Waals surface area contributed by atoms with E-state index in [4.69, 9.17) is 14.2 Å². The predicted octanol–water partition coefficient (Wildman–Crippen LogP) is 3.94. The average molecular weight is 458 g/mol. The summed E-state index contributed by atoms with van der Waals surface area (Å²) in [5.41, 5.74) is 0.168. The Hall–Kier alpha value is -3.62. The summed E-state index contributed by atoms with van der Waals surface area (Å²) >= 11 is 0. The molecule has 176 valence electrons. The molecule has 1 saturated carbocycles. The van der Waals surface area contributed by atoms with Gasteiger partial charge in [-0.1, -0.05) is 18.6 Å². The van der Waals surface area contributed by atoms with Gasteiger partial charge in [-0.05, 0) is 56.5 Å². The van der Waals surface area contributed by atoms with Gasteiger partial charge < -0.3 is 19.5 Å². The van der Waals surface area contributed by atoms with Crippen LogP contribution in [0.4, 0.5) is 14.9 Å². The first-order valence-corrected chi connectivity index (χ1v) is 10.8. The monoisotopic (exact) mass is 458 g/mol. The zero-order chi connectivity index (χ0) is 23.8. The van der Waals surface area contributed by atoms with Crippen LogP contribution in [0.1, 0.15) is 38.7 Å². The van der Waals surface area contributed by atoms with Gasteiger partial charge in [0.25, 0.3) is 5.91 Å². The van der Waals surface area contributed by atoms with E-state index in [9.17, 15) is 18.8 Å². The predicted molar refractivity (Wildman–Crippen MR) is 119 cm³/mol. The van der Waals surface area contributed by atoms with Crippen molar-refractivity contribution in [1.82, 2.24) is 5.32 Å². The van der Waals surface area contributed by atoms with Crippen molar-refractivity contribution < 1.29 is 33.0 Å². The Balaban J connectivity index is 1.53. The molecule has 3 amide bonds. The van der Waals surface area contributed by atoms with E-state index in [0.717, 1.165) is 6.42 Å². The number of amides is 3. The van der Waals surface area contributed by atoms with Crippen molar-refractivity contribution >= 4 is 23.6 Å². The molecular weight excluding hydrogens is 431 g/mol. The van der Waals surface area contributed by atoms with Crippen LogP contribution in [0.5, 0.6) is 11.5 Å². The highest BCUT2D eigenvalue weighted by Gasteiger charge is 2.47. The fourth-order valence-corrected chi connectivity index (χ4v) is 3.63. The second kappa shape index (κ2) is 10.8. The van der Waals surface area contributed by atoms with E-state index in [0.29, 0.717) is 48.8 Å². The van der Waals surface area contributed by atoms with Crippen LogP contribution in [-0.2, 0) is 19.7 Å². The van der Waals surface area contributed by atoms with Gasteiger partial charge in [0.15, 0.2) is 18.1 Å². The Bertz CT molecular complexity index is 1000. The number of halogens is 1. The highest BCUT2D eigenvalue weighted by molar-refractivity contribution is 6.02. The van der Waals surface area contributed by atoms with E-state index < -0.39 is 35.7 Å². The summed E-state index contributed by atoms with van der Waals surface area (Å²) in [6.07, 6.45) is 1.94. The van der Waals surface area contributed by atoms with E-state index in [1.165, 1.54) is 12.1 Å². The molecule has 0 saturated heterocycles. The van der Waals surface area contributed by atoms with Crippen molar-refractivity contribution in [3.63, 3.8) is 0 Å². The van der Waals surface area contributed by atoms with Gasteiger partial charge in [-0.15, -0.1) is 0 Å². The molecule has 33 heavy (non-hydrogen) atoms. The molecule has 0 aromatic heterocycles. The van der Waals surface area contributed by atoms with Gasteiger partial charge in [0, 0.05) is 11.8 Å². The van der Waals surface area contributed by atoms with Crippen molar-refractivity contribution in [2.45, 2.75) is 38.5 Å². The number of esters is 1. The Labute approximate surface area is 191 Å². The first kappa shape index (κ1) is 24.0. The lowest BCUT2D eigenvalue weighted by Crippen LogP contribution is -2.45. The van der Waals surface area contributed by atoms with Crippen LogP contribution in [0.15, 0.2) is 42.5 Å². The molecule has 1 aliphatic carbocycles. The van der Waals surface area contributed by atoms with Crippen LogP contribution in [-0.4, -0.2) is 37.7 Å². The van der Waals surface area contributed by atoms with Gasteiger partial charge in [0.1, 0.15) is 5.82 Å². The van der Waals surface area contributed by atoms with Gasteiger partial charge in [-0.2, -0.15) is 0 Å². The van der Waals surface area contributed by atoms with Crippen molar-refractivity contribution in [2.75, 3.05) is 25.1 Å². The maximum Gasteiger partial charge on any atom is 0.325 e. The van der Waals surface area contributed by atoms with Crippen LogP contribution in [0.3, 0.4) is 0 Å². The Morgan fingerprint density at radius 1 is 0.970 bits per heavy atom. The lowest BCUT2D eigenvalue weighted by molar-refractivity contribution is -0.157. The average Bonchev–Trinajstić information content (AvgIpc) is 2.75. The summed E-state index contributed by atoms with van der Waals surface area (Å²) in [5, 5.41) is 4.65. The largest absolute Gasteiger partial charge is 0.490 e. The molecule has 0 radical (unpaired) electrons. The van der Waals surface area contributed by atoms with Gasteiger partial charge in [0.05, 0.1) is 18.6 Å². The van der Waals surface area contributed by atoms with E-state index in [2.05, 4.69) is 10.6 Å². The minimum atomic E-state index is -0.881. The summed E-state index contributed by atoms with van der Waals surface area (Å²) in [6.45, 7) is 3.94. The molecule has 9 heteroatoms. The second-order valence-corrected chi connectivity index (χ2v) is 7.55. The number of anilines is 1. The summed E-state index contributed by atoms with van der Waals surface area (Å²) in [5.74, 6) is -0.731. The molecule has 0 aliphatic heterocycles.